The Morgan fingerprint density at radius 1 is 1.42 bits per heavy atom. The fraction of sp³-hybridized carbons (Fsp3) is 0.600. The van der Waals surface area contributed by atoms with Gasteiger partial charge < -0.3 is 10.5 Å². The molecule has 106 valence electrons. The first-order chi connectivity index (χ1) is 9.24. The van der Waals surface area contributed by atoms with Crippen LogP contribution in [0.5, 0.6) is 0 Å². The van der Waals surface area contributed by atoms with Gasteiger partial charge in [-0.05, 0) is 37.5 Å². The summed E-state index contributed by atoms with van der Waals surface area (Å²) in [4.78, 5) is 2.48. The minimum atomic E-state index is 0.320. The van der Waals surface area contributed by atoms with Crippen molar-refractivity contribution in [2.45, 2.75) is 31.9 Å². The summed E-state index contributed by atoms with van der Waals surface area (Å²) in [7, 11) is 0. The van der Waals surface area contributed by atoms with E-state index in [0.29, 0.717) is 18.7 Å². The first kappa shape index (κ1) is 15.0. The number of halogens is 1. The molecule has 2 rings (SSSR count). The topological polar surface area (TPSA) is 38.5 Å². The summed E-state index contributed by atoms with van der Waals surface area (Å²) in [6, 6.07) is 8.79. The average molecular weight is 327 g/mol. The number of hydrogen-bond donors (Lipinski definition) is 1. The highest BCUT2D eigenvalue weighted by atomic mass is 79.9. The van der Waals surface area contributed by atoms with Crippen LogP contribution in [0.2, 0.25) is 0 Å². The number of ether oxygens (including phenoxy) is 1. The minimum Gasteiger partial charge on any atom is -0.378 e. The SMILES string of the molecule is CCOC1CCN(C(CN)c2cccc(Br)c2)CC1. The van der Waals surface area contributed by atoms with Gasteiger partial charge in [0.25, 0.3) is 0 Å². The summed E-state index contributed by atoms with van der Waals surface area (Å²) in [6.07, 6.45) is 2.65. The molecule has 0 saturated carbocycles. The van der Waals surface area contributed by atoms with Crippen molar-refractivity contribution in [2.24, 2.45) is 5.73 Å². The maximum atomic E-state index is 5.99. The molecule has 1 unspecified atom stereocenters. The third kappa shape index (κ3) is 4.02. The number of hydrogen-bond acceptors (Lipinski definition) is 3. The molecule has 0 spiro atoms. The minimum absolute atomic E-state index is 0.320. The highest BCUT2D eigenvalue weighted by Crippen LogP contribution is 2.26. The van der Waals surface area contributed by atoms with E-state index in [1.54, 1.807) is 0 Å². The van der Waals surface area contributed by atoms with Crippen molar-refractivity contribution in [2.75, 3.05) is 26.2 Å². The monoisotopic (exact) mass is 326 g/mol. The van der Waals surface area contributed by atoms with E-state index < -0.39 is 0 Å². The van der Waals surface area contributed by atoms with E-state index in [1.807, 2.05) is 0 Å². The van der Waals surface area contributed by atoms with Gasteiger partial charge in [-0.2, -0.15) is 0 Å². The number of nitrogens with two attached hydrogens (primary N) is 1. The number of rotatable bonds is 5. The molecule has 1 atom stereocenters. The second-order valence-electron chi connectivity index (χ2n) is 5.00. The first-order valence-corrected chi connectivity index (χ1v) is 7.85. The van der Waals surface area contributed by atoms with Crippen LogP contribution in [0.4, 0.5) is 0 Å². The van der Waals surface area contributed by atoms with E-state index in [4.69, 9.17) is 10.5 Å². The zero-order valence-electron chi connectivity index (χ0n) is 11.5. The van der Waals surface area contributed by atoms with Crippen molar-refractivity contribution < 1.29 is 4.74 Å². The van der Waals surface area contributed by atoms with Crippen molar-refractivity contribution in [1.82, 2.24) is 4.90 Å². The van der Waals surface area contributed by atoms with E-state index in [1.165, 1.54) is 5.56 Å². The van der Waals surface area contributed by atoms with Gasteiger partial charge in [0, 0.05) is 36.8 Å². The van der Waals surface area contributed by atoms with Crippen molar-refractivity contribution >= 4 is 15.9 Å². The van der Waals surface area contributed by atoms with Crippen LogP contribution in [0.25, 0.3) is 0 Å². The zero-order chi connectivity index (χ0) is 13.7. The first-order valence-electron chi connectivity index (χ1n) is 7.05. The van der Waals surface area contributed by atoms with Gasteiger partial charge in [0.15, 0.2) is 0 Å². The Balaban J connectivity index is 1.99. The van der Waals surface area contributed by atoms with Gasteiger partial charge in [0.2, 0.25) is 0 Å². The van der Waals surface area contributed by atoms with Gasteiger partial charge >= 0.3 is 0 Å². The Kier molecular flexibility index (Phi) is 5.82. The Bertz CT molecular complexity index is 391. The van der Waals surface area contributed by atoms with Gasteiger partial charge in [0.05, 0.1) is 6.10 Å². The fourth-order valence-electron chi connectivity index (χ4n) is 2.80. The normalized spacial score (nSPS) is 19.5. The fourth-order valence-corrected chi connectivity index (χ4v) is 3.22. The molecule has 0 bridgehead atoms. The lowest BCUT2D eigenvalue weighted by atomic mass is 10.0. The molecule has 3 nitrogen and oxygen atoms in total. The Morgan fingerprint density at radius 3 is 2.74 bits per heavy atom. The molecule has 0 amide bonds. The zero-order valence-corrected chi connectivity index (χ0v) is 13.1. The Labute approximate surface area is 124 Å². The molecule has 1 fully saturated rings. The molecular weight excluding hydrogens is 304 g/mol. The van der Waals surface area contributed by atoms with Gasteiger partial charge in [-0.1, -0.05) is 28.1 Å². The summed E-state index contributed by atoms with van der Waals surface area (Å²) in [5.74, 6) is 0. The second kappa shape index (κ2) is 7.39. The number of piperidine rings is 1. The molecule has 0 aromatic heterocycles. The van der Waals surface area contributed by atoms with Crippen molar-refractivity contribution in [3.8, 4) is 0 Å². The molecule has 1 aliphatic heterocycles. The van der Waals surface area contributed by atoms with Gasteiger partial charge in [-0.25, -0.2) is 0 Å². The third-order valence-corrected chi connectivity index (χ3v) is 4.27. The highest BCUT2D eigenvalue weighted by Gasteiger charge is 2.25. The summed E-state index contributed by atoms with van der Waals surface area (Å²) < 4.78 is 6.82. The maximum absolute atomic E-state index is 5.99. The lowest BCUT2D eigenvalue weighted by Gasteiger charge is -2.37. The molecule has 1 aromatic rings. The molecule has 0 aliphatic carbocycles. The molecule has 0 radical (unpaired) electrons. The highest BCUT2D eigenvalue weighted by molar-refractivity contribution is 9.10. The molecule has 2 N–H and O–H groups in total. The quantitative estimate of drug-likeness (QED) is 0.904. The lowest BCUT2D eigenvalue weighted by Crippen LogP contribution is -2.41. The predicted octanol–water partition coefficient (Wildman–Crippen LogP) is 2.95. The lowest BCUT2D eigenvalue weighted by molar-refractivity contribution is 0.00451. The van der Waals surface area contributed by atoms with Crippen LogP contribution >= 0.6 is 15.9 Å². The number of likely N-dealkylation sites (tertiary alicyclic amines) is 1. The second-order valence-corrected chi connectivity index (χ2v) is 5.91. The molecular formula is C15H23BrN2O. The van der Waals surface area contributed by atoms with Gasteiger partial charge in [-0.15, -0.1) is 0 Å². The molecule has 1 heterocycles. The molecule has 1 aliphatic rings. The van der Waals surface area contributed by atoms with Crippen LogP contribution in [0.3, 0.4) is 0 Å². The molecule has 1 saturated heterocycles. The maximum Gasteiger partial charge on any atom is 0.0599 e. The summed E-state index contributed by atoms with van der Waals surface area (Å²) >= 11 is 3.53. The van der Waals surface area contributed by atoms with Crippen LogP contribution < -0.4 is 5.73 Å². The van der Waals surface area contributed by atoms with E-state index >= 15 is 0 Å². The van der Waals surface area contributed by atoms with Gasteiger partial charge in [0.1, 0.15) is 0 Å². The number of nitrogens with zero attached hydrogens (tertiary/aromatic N) is 1. The van der Waals surface area contributed by atoms with Crippen molar-refractivity contribution in [3.63, 3.8) is 0 Å². The van der Waals surface area contributed by atoms with Crippen LogP contribution in [0.15, 0.2) is 28.7 Å². The Hall–Kier alpha value is -0.420. The molecule has 4 heteroatoms. The third-order valence-electron chi connectivity index (χ3n) is 3.78. The average Bonchev–Trinajstić information content (AvgIpc) is 2.42. The van der Waals surface area contributed by atoms with Crippen molar-refractivity contribution in [3.05, 3.63) is 34.3 Å². The van der Waals surface area contributed by atoms with Crippen LogP contribution in [0, 0.1) is 0 Å². The molecule has 1 aromatic carbocycles. The van der Waals surface area contributed by atoms with Gasteiger partial charge in [-0.3, -0.25) is 4.90 Å². The van der Waals surface area contributed by atoms with Crippen LogP contribution in [0.1, 0.15) is 31.4 Å². The van der Waals surface area contributed by atoms with Crippen LogP contribution in [-0.2, 0) is 4.74 Å². The summed E-state index contributed by atoms with van der Waals surface area (Å²) in [5, 5.41) is 0. The van der Waals surface area contributed by atoms with Crippen LogP contribution in [-0.4, -0.2) is 37.2 Å². The summed E-state index contributed by atoms with van der Waals surface area (Å²) in [5.41, 5.74) is 7.29. The Morgan fingerprint density at radius 2 is 2.16 bits per heavy atom. The number of benzene rings is 1. The van der Waals surface area contributed by atoms with E-state index in [-0.39, 0.29) is 0 Å². The van der Waals surface area contributed by atoms with E-state index in [2.05, 4.69) is 52.0 Å². The predicted molar refractivity (Wildman–Crippen MR) is 82.2 cm³/mol. The smallest absolute Gasteiger partial charge is 0.0599 e. The summed E-state index contributed by atoms with van der Waals surface area (Å²) in [6.45, 7) is 5.68. The standard InChI is InChI=1S/C15H23BrN2O/c1-2-19-14-6-8-18(9-7-14)15(11-17)12-4-3-5-13(16)10-12/h3-5,10,14-15H,2,6-9,11,17H2,1H3. The van der Waals surface area contributed by atoms with E-state index in [9.17, 15) is 0 Å². The molecule has 19 heavy (non-hydrogen) atoms. The van der Waals surface area contributed by atoms with E-state index in [0.717, 1.165) is 37.0 Å². The van der Waals surface area contributed by atoms with Crippen molar-refractivity contribution in [1.29, 1.82) is 0 Å². The largest absolute Gasteiger partial charge is 0.378 e.